The van der Waals surface area contributed by atoms with E-state index in [0.717, 1.165) is 11.3 Å². The van der Waals surface area contributed by atoms with Crippen LogP contribution in [0.4, 0.5) is 11.5 Å². The lowest BCUT2D eigenvalue weighted by Crippen LogP contribution is -2.22. The van der Waals surface area contributed by atoms with Crippen molar-refractivity contribution in [3.63, 3.8) is 0 Å². The van der Waals surface area contributed by atoms with Crippen LogP contribution < -0.4 is 31.0 Å². The second-order valence-corrected chi connectivity index (χ2v) is 6.91. The van der Waals surface area contributed by atoms with E-state index in [-0.39, 0.29) is 12.6 Å². The number of guanidine groups is 1. The van der Waals surface area contributed by atoms with E-state index in [9.17, 15) is 0 Å². The number of rotatable bonds is 10. The van der Waals surface area contributed by atoms with Gasteiger partial charge in [0.2, 0.25) is 5.75 Å². The Morgan fingerprint density at radius 1 is 1.03 bits per heavy atom. The molecule has 0 spiro atoms. The lowest BCUT2D eigenvalue weighted by molar-refractivity contribution is 0.292. The Morgan fingerprint density at radius 3 is 2.47 bits per heavy atom. The van der Waals surface area contributed by atoms with E-state index in [1.54, 1.807) is 27.4 Å². The molecule has 0 saturated carbocycles. The Morgan fingerprint density at radius 2 is 1.81 bits per heavy atom. The number of anilines is 1. The second-order valence-electron chi connectivity index (χ2n) is 6.91. The summed E-state index contributed by atoms with van der Waals surface area (Å²) in [5.74, 6) is 2.39. The molecule has 3 rings (SSSR count). The van der Waals surface area contributed by atoms with Gasteiger partial charge in [0.25, 0.3) is 0 Å². The number of hydrogen-bond acceptors (Lipinski definition) is 8. The standard InChI is InChI=1S/C22H28N6O4/c1-30-17-8-5-13(19(31-2)20(17)32-3)11-18-26-16-12-14(25-9-4-10-29)6-7-15(16)21(27-18)28-22(23)24/h5-8,12,25,29H,4,9-11H2,1-3H3,(H4,23,24,26,27,28). The van der Waals surface area contributed by atoms with Crippen LogP contribution in [0.2, 0.25) is 0 Å². The summed E-state index contributed by atoms with van der Waals surface area (Å²) in [5.41, 5.74) is 13.6. The molecule has 0 bridgehead atoms. The molecule has 0 unspecified atom stereocenters. The minimum absolute atomic E-state index is 0.0928. The van der Waals surface area contributed by atoms with Crippen LogP contribution in [0.3, 0.4) is 0 Å². The van der Waals surface area contributed by atoms with Crippen molar-refractivity contribution in [2.75, 3.05) is 39.8 Å². The zero-order chi connectivity index (χ0) is 23.1. The van der Waals surface area contributed by atoms with E-state index in [1.807, 2.05) is 24.3 Å². The van der Waals surface area contributed by atoms with E-state index in [0.29, 0.717) is 59.2 Å². The first kappa shape index (κ1) is 22.9. The van der Waals surface area contributed by atoms with Crippen LogP contribution in [0.1, 0.15) is 17.8 Å². The van der Waals surface area contributed by atoms with E-state index < -0.39 is 0 Å². The van der Waals surface area contributed by atoms with E-state index in [1.165, 1.54) is 0 Å². The lowest BCUT2D eigenvalue weighted by Gasteiger charge is -2.16. The van der Waals surface area contributed by atoms with Crippen LogP contribution >= 0.6 is 0 Å². The highest BCUT2D eigenvalue weighted by Crippen LogP contribution is 2.40. The molecule has 0 fully saturated rings. The Hall–Kier alpha value is -3.79. The number of benzene rings is 2. The fourth-order valence-electron chi connectivity index (χ4n) is 3.34. The number of nitrogens with one attached hydrogen (secondary N) is 1. The van der Waals surface area contributed by atoms with Crippen molar-refractivity contribution in [1.82, 2.24) is 9.97 Å². The molecule has 0 aliphatic carbocycles. The van der Waals surface area contributed by atoms with Gasteiger partial charge >= 0.3 is 0 Å². The molecule has 0 aliphatic heterocycles. The highest BCUT2D eigenvalue weighted by Gasteiger charge is 2.18. The van der Waals surface area contributed by atoms with Crippen LogP contribution in [-0.2, 0) is 6.42 Å². The highest BCUT2D eigenvalue weighted by atomic mass is 16.5. The molecule has 0 amide bonds. The number of fused-ring (bicyclic) bond motifs is 1. The topological polar surface area (TPSA) is 150 Å². The van der Waals surface area contributed by atoms with Gasteiger partial charge in [0.05, 0.1) is 26.8 Å². The maximum absolute atomic E-state index is 9.00. The summed E-state index contributed by atoms with van der Waals surface area (Å²) in [7, 11) is 4.69. The van der Waals surface area contributed by atoms with E-state index >= 15 is 0 Å². The van der Waals surface area contributed by atoms with Crippen molar-refractivity contribution in [2.24, 2.45) is 16.5 Å². The first-order chi connectivity index (χ1) is 15.5. The fourth-order valence-corrected chi connectivity index (χ4v) is 3.34. The Bertz CT molecular complexity index is 1120. The molecule has 32 heavy (non-hydrogen) atoms. The maximum atomic E-state index is 9.00. The summed E-state index contributed by atoms with van der Waals surface area (Å²) in [6, 6.07) is 9.33. The normalized spacial score (nSPS) is 10.6. The first-order valence-corrected chi connectivity index (χ1v) is 10.0. The van der Waals surface area contributed by atoms with Gasteiger partial charge in [-0.05, 0) is 30.7 Å². The van der Waals surface area contributed by atoms with Gasteiger partial charge in [-0.15, -0.1) is 0 Å². The number of aromatic nitrogens is 2. The quantitative estimate of drug-likeness (QED) is 0.211. The largest absolute Gasteiger partial charge is 0.493 e. The Labute approximate surface area is 186 Å². The molecule has 10 nitrogen and oxygen atoms in total. The minimum atomic E-state index is -0.0928. The molecule has 1 aromatic heterocycles. The molecule has 0 aliphatic rings. The molecule has 0 radical (unpaired) electrons. The molecular weight excluding hydrogens is 412 g/mol. The zero-order valence-corrected chi connectivity index (χ0v) is 18.4. The average molecular weight is 441 g/mol. The molecule has 0 atom stereocenters. The summed E-state index contributed by atoms with van der Waals surface area (Å²) in [5, 5.41) is 13.0. The van der Waals surface area contributed by atoms with Crippen molar-refractivity contribution in [1.29, 1.82) is 0 Å². The van der Waals surface area contributed by atoms with Gasteiger partial charge in [-0.3, -0.25) is 0 Å². The third-order valence-electron chi connectivity index (χ3n) is 4.76. The number of hydrogen-bond donors (Lipinski definition) is 4. The van der Waals surface area contributed by atoms with Crippen molar-refractivity contribution < 1.29 is 19.3 Å². The van der Waals surface area contributed by atoms with Crippen molar-refractivity contribution in [3.05, 3.63) is 41.7 Å². The van der Waals surface area contributed by atoms with Gasteiger partial charge in [0, 0.05) is 36.2 Å². The zero-order valence-electron chi connectivity index (χ0n) is 18.4. The number of aliphatic hydroxyl groups is 1. The Kier molecular flexibility index (Phi) is 7.50. The highest BCUT2D eigenvalue weighted by molar-refractivity contribution is 5.92. The third kappa shape index (κ3) is 5.09. The van der Waals surface area contributed by atoms with Gasteiger partial charge in [-0.25, -0.2) is 9.97 Å². The van der Waals surface area contributed by atoms with E-state index in [2.05, 4.69) is 15.3 Å². The third-order valence-corrected chi connectivity index (χ3v) is 4.76. The average Bonchev–Trinajstić information content (AvgIpc) is 2.78. The molecule has 6 N–H and O–H groups in total. The van der Waals surface area contributed by atoms with Crippen molar-refractivity contribution in [2.45, 2.75) is 12.8 Å². The summed E-state index contributed by atoms with van der Waals surface area (Å²) in [4.78, 5) is 13.5. The number of aliphatic hydroxyl groups excluding tert-OH is 1. The molecular formula is C22H28N6O4. The fraction of sp³-hybridized carbons (Fsp3) is 0.318. The van der Waals surface area contributed by atoms with Gasteiger partial charge in [-0.1, -0.05) is 6.07 Å². The molecule has 10 heteroatoms. The molecule has 3 aromatic rings. The summed E-state index contributed by atoms with van der Waals surface area (Å²) in [6.45, 7) is 0.762. The van der Waals surface area contributed by atoms with Gasteiger partial charge in [0.1, 0.15) is 5.82 Å². The summed E-state index contributed by atoms with van der Waals surface area (Å²) < 4.78 is 16.4. The van der Waals surface area contributed by atoms with Gasteiger partial charge in [0.15, 0.2) is 23.3 Å². The van der Waals surface area contributed by atoms with Crippen LogP contribution in [0.25, 0.3) is 10.9 Å². The number of aliphatic imine (C=N–C) groups is 1. The predicted octanol–water partition coefficient (Wildman–Crippen LogP) is 1.95. The second kappa shape index (κ2) is 10.5. The van der Waals surface area contributed by atoms with Crippen LogP contribution in [0.15, 0.2) is 35.3 Å². The van der Waals surface area contributed by atoms with Crippen molar-refractivity contribution in [3.8, 4) is 17.2 Å². The Balaban J connectivity index is 2.07. The predicted molar refractivity (Wildman–Crippen MR) is 124 cm³/mol. The van der Waals surface area contributed by atoms with Crippen molar-refractivity contribution >= 4 is 28.4 Å². The maximum Gasteiger partial charge on any atom is 0.203 e. The monoisotopic (exact) mass is 440 g/mol. The van der Waals surface area contributed by atoms with Crippen LogP contribution in [0.5, 0.6) is 17.2 Å². The number of nitrogens with zero attached hydrogens (tertiary/aromatic N) is 3. The minimum Gasteiger partial charge on any atom is -0.493 e. The molecule has 2 aromatic carbocycles. The number of methoxy groups -OCH3 is 3. The first-order valence-electron chi connectivity index (χ1n) is 10.0. The van der Waals surface area contributed by atoms with Gasteiger partial charge < -0.3 is 36.1 Å². The smallest absolute Gasteiger partial charge is 0.203 e. The van der Waals surface area contributed by atoms with Crippen LogP contribution in [0, 0.1) is 0 Å². The number of nitrogens with two attached hydrogens (primary N) is 2. The summed E-state index contributed by atoms with van der Waals surface area (Å²) >= 11 is 0. The lowest BCUT2D eigenvalue weighted by atomic mass is 10.1. The SMILES string of the molecule is COc1ccc(Cc2nc(N=C(N)N)c3ccc(NCCCO)cc3n2)c(OC)c1OC. The van der Waals surface area contributed by atoms with E-state index in [4.69, 9.17) is 35.8 Å². The molecule has 170 valence electrons. The molecule has 0 saturated heterocycles. The van der Waals surface area contributed by atoms with Gasteiger partial charge in [-0.2, -0.15) is 4.99 Å². The molecule has 1 heterocycles. The summed E-state index contributed by atoms with van der Waals surface area (Å²) in [6.07, 6.45) is 1.00. The van der Waals surface area contributed by atoms with Crippen LogP contribution in [-0.4, -0.2) is 55.5 Å². The number of ether oxygens (including phenoxy) is 3.